The van der Waals surface area contributed by atoms with Crippen molar-refractivity contribution < 1.29 is 0 Å². The lowest BCUT2D eigenvalue weighted by molar-refractivity contribution is 0.631. The summed E-state index contributed by atoms with van der Waals surface area (Å²) in [6, 6.07) is 7.96. The topological polar surface area (TPSA) is 55.6 Å². The van der Waals surface area contributed by atoms with E-state index < -0.39 is 0 Å². The molecule has 6 heteroatoms. The summed E-state index contributed by atoms with van der Waals surface area (Å²) >= 11 is 3.44. The zero-order valence-corrected chi connectivity index (χ0v) is 13.7. The van der Waals surface area contributed by atoms with E-state index in [0.717, 1.165) is 27.0 Å². The van der Waals surface area contributed by atoms with Gasteiger partial charge in [0.2, 0.25) is 0 Å². The highest BCUT2D eigenvalue weighted by molar-refractivity contribution is 9.10. The van der Waals surface area contributed by atoms with Gasteiger partial charge in [-0.25, -0.2) is 14.6 Å². The molecule has 0 atom stereocenters. The smallest absolute Gasteiger partial charge is 0.168 e. The lowest BCUT2D eigenvalue weighted by Crippen LogP contribution is -2.26. The maximum atomic E-state index is 4.44. The quantitative estimate of drug-likeness (QED) is 0.767. The Morgan fingerprint density at radius 3 is 2.48 bits per heavy atom. The second-order valence-corrected chi connectivity index (χ2v) is 6.78. The highest BCUT2D eigenvalue weighted by Crippen LogP contribution is 2.24. The number of hydrogen-bond donors (Lipinski definition) is 1. The van der Waals surface area contributed by atoms with Gasteiger partial charge in [-0.2, -0.15) is 5.10 Å². The second kappa shape index (κ2) is 5.11. The fourth-order valence-electron chi connectivity index (χ4n) is 2.07. The van der Waals surface area contributed by atoms with Crippen LogP contribution in [0.3, 0.4) is 0 Å². The van der Waals surface area contributed by atoms with Gasteiger partial charge >= 0.3 is 0 Å². The van der Waals surface area contributed by atoms with Gasteiger partial charge in [0.15, 0.2) is 5.65 Å². The zero-order valence-electron chi connectivity index (χ0n) is 12.1. The van der Waals surface area contributed by atoms with E-state index in [4.69, 9.17) is 0 Å². The van der Waals surface area contributed by atoms with E-state index in [-0.39, 0.29) is 5.54 Å². The predicted octanol–water partition coefficient (Wildman–Crippen LogP) is 3.79. The Morgan fingerprint density at radius 2 is 1.81 bits per heavy atom. The molecule has 0 bridgehead atoms. The first kappa shape index (κ1) is 14.0. The van der Waals surface area contributed by atoms with Crippen molar-refractivity contribution in [3.05, 3.63) is 41.3 Å². The van der Waals surface area contributed by atoms with Gasteiger partial charge < -0.3 is 5.32 Å². The molecule has 3 rings (SSSR count). The van der Waals surface area contributed by atoms with Crippen LogP contribution in [0.25, 0.3) is 16.7 Å². The molecule has 1 aromatic carbocycles. The van der Waals surface area contributed by atoms with Crippen LogP contribution >= 0.6 is 15.9 Å². The molecule has 1 N–H and O–H groups in total. The number of nitrogens with one attached hydrogen (secondary N) is 1. The second-order valence-electron chi connectivity index (χ2n) is 5.87. The monoisotopic (exact) mass is 345 g/mol. The normalized spacial score (nSPS) is 11.8. The maximum Gasteiger partial charge on any atom is 0.168 e. The third-order valence-corrected chi connectivity index (χ3v) is 3.46. The van der Waals surface area contributed by atoms with E-state index in [9.17, 15) is 0 Å². The number of fused-ring (bicyclic) bond motifs is 1. The molecule has 5 nitrogen and oxygen atoms in total. The van der Waals surface area contributed by atoms with Crippen molar-refractivity contribution in [3.8, 4) is 5.69 Å². The van der Waals surface area contributed by atoms with Crippen molar-refractivity contribution in [1.82, 2.24) is 19.7 Å². The molecule has 0 aliphatic carbocycles. The molecule has 2 aromatic heterocycles. The summed E-state index contributed by atoms with van der Waals surface area (Å²) in [4.78, 5) is 8.70. The third kappa shape index (κ3) is 2.90. The molecule has 0 unspecified atom stereocenters. The first-order valence-electron chi connectivity index (χ1n) is 6.67. The summed E-state index contributed by atoms with van der Waals surface area (Å²) in [7, 11) is 0. The molecule has 0 aliphatic rings. The standard InChI is InChI=1S/C15H16BrN5/c1-15(2,3)20-13-12-8-19-21(14(12)18-9-17-13)11-6-4-10(16)5-7-11/h4-9H,1-3H3,(H,17,18,20). The Hall–Kier alpha value is -1.95. The van der Waals surface area contributed by atoms with E-state index in [1.54, 1.807) is 12.5 Å². The fourth-order valence-corrected chi connectivity index (χ4v) is 2.33. The Kier molecular flexibility index (Phi) is 3.41. The minimum absolute atomic E-state index is 0.0685. The molecule has 108 valence electrons. The van der Waals surface area contributed by atoms with Crippen molar-refractivity contribution in [3.63, 3.8) is 0 Å². The summed E-state index contributed by atoms with van der Waals surface area (Å²) in [5.74, 6) is 0.802. The SMILES string of the molecule is CC(C)(C)Nc1ncnc2c1cnn2-c1ccc(Br)cc1. The minimum Gasteiger partial charge on any atom is -0.365 e. The van der Waals surface area contributed by atoms with Gasteiger partial charge in [0.1, 0.15) is 12.1 Å². The number of nitrogens with zero attached hydrogens (tertiary/aromatic N) is 4. The van der Waals surface area contributed by atoms with Crippen LogP contribution in [0.5, 0.6) is 0 Å². The van der Waals surface area contributed by atoms with Crippen molar-refractivity contribution >= 4 is 32.8 Å². The first-order valence-corrected chi connectivity index (χ1v) is 7.46. The molecular weight excluding hydrogens is 330 g/mol. The molecule has 0 saturated carbocycles. The van der Waals surface area contributed by atoms with Gasteiger partial charge in [-0.05, 0) is 45.0 Å². The summed E-state index contributed by atoms with van der Waals surface area (Å²) < 4.78 is 2.85. The van der Waals surface area contributed by atoms with Gasteiger partial charge in [0.25, 0.3) is 0 Å². The number of hydrogen-bond acceptors (Lipinski definition) is 4. The zero-order chi connectivity index (χ0) is 15.0. The van der Waals surface area contributed by atoms with Crippen LogP contribution in [-0.2, 0) is 0 Å². The van der Waals surface area contributed by atoms with E-state index >= 15 is 0 Å². The third-order valence-electron chi connectivity index (χ3n) is 2.93. The van der Waals surface area contributed by atoms with Gasteiger partial charge in [0, 0.05) is 10.0 Å². The predicted molar refractivity (Wildman–Crippen MR) is 87.7 cm³/mol. The molecule has 0 saturated heterocycles. The fraction of sp³-hybridized carbons (Fsp3) is 0.267. The molecule has 0 amide bonds. The molecular formula is C15H16BrN5. The Morgan fingerprint density at radius 1 is 1.10 bits per heavy atom. The number of aromatic nitrogens is 4. The van der Waals surface area contributed by atoms with Crippen LogP contribution in [0.1, 0.15) is 20.8 Å². The molecule has 21 heavy (non-hydrogen) atoms. The van der Waals surface area contributed by atoms with Crippen molar-refractivity contribution in [1.29, 1.82) is 0 Å². The van der Waals surface area contributed by atoms with Crippen LogP contribution < -0.4 is 5.32 Å². The largest absolute Gasteiger partial charge is 0.365 e. The average Bonchev–Trinajstić information content (AvgIpc) is 2.83. The summed E-state index contributed by atoms with van der Waals surface area (Å²) in [5.41, 5.74) is 1.69. The highest BCUT2D eigenvalue weighted by Gasteiger charge is 2.15. The van der Waals surface area contributed by atoms with Crippen LogP contribution in [0.4, 0.5) is 5.82 Å². The Labute approximate surface area is 131 Å². The van der Waals surface area contributed by atoms with Gasteiger partial charge in [0.05, 0.1) is 17.3 Å². The first-order chi connectivity index (χ1) is 9.94. The summed E-state index contributed by atoms with van der Waals surface area (Å²) in [6.45, 7) is 6.29. The van der Waals surface area contributed by atoms with E-state index in [1.807, 2.05) is 28.9 Å². The van der Waals surface area contributed by atoms with Crippen LogP contribution in [0.15, 0.2) is 41.3 Å². The van der Waals surface area contributed by atoms with Crippen LogP contribution in [0.2, 0.25) is 0 Å². The van der Waals surface area contributed by atoms with E-state index in [1.165, 1.54) is 0 Å². The maximum absolute atomic E-state index is 4.44. The summed E-state index contributed by atoms with van der Waals surface area (Å²) in [6.07, 6.45) is 3.36. The van der Waals surface area contributed by atoms with Gasteiger partial charge in [-0.15, -0.1) is 0 Å². The lowest BCUT2D eigenvalue weighted by Gasteiger charge is -2.21. The number of halogens is 1. The van der Waals surface area contributed by atoms with Crippen LogP contribution in [-0.4, -0.2) is 25.3 Å². The number of rotatable bonds is 2. The Balaban J connectivity index is 2.11. The lowest BCUT2D eigenvalue weighted by atomic mass is 10.1. The highest BCUT2D eigenvalue weighted by atomic mass is 79.9. The van der Waals surface area contributed by atoms with Gasteiger partial charge in [-0.3, -0.25) is 0 Å². The van der Waals surface area contributed by atoms with Gasteiger partial charge in [-0.1, -0.05) is 15.9 Å². The molecule has 0 spiro atoms. The van der Waals surface area contributed by atoms with E-state index in [2.05, 4.69) is 57.1 Å². The molecule has 0 radical (unpaired) electrons. The van der Waals surface area contributed by atoms with Crippen molar-refractivity contribution in [2.75, 3.05) is 5.32 Å². The minimum atomic E-state index is -0.0685. The number of anilines is 1. The molecule has 3 aromatic rings. The molecule has 0 fully saturated rings. The average molecular weight is 346 g/mol. The van der Waals surface area contributed by atoms with Crippen molar-refractivity contribution in [2.45, 2.75) is 26.3 Å². The summed E-state index contributed by atoms with van der Waals surface area (Å²) in [5, 5.41) is 8.74. The molecule has 0 aliphatic heterocycles. The molecule has 2 heterocycles. The number of benzene rings is 1. The van der Waals surface area contributed by atoms with Crippen LogP contribution in [0, 0.1) is 0 Å². The Bertz CT molecular complexity index is 771. The van der Waals surface area contributed by atoms with E-state index in [0.29, 0.717) is 0 Å². The van der Waals surface area contributed by atoms with Crippen molar-refractivity contribution in [2.24, 2.45) is 0 Å².